The highest BCUT2D eigenvalue weighted by molar-refractivity contribution is 5.95. The van der Waals surface area contributed by atoms with E-state index in [-0.39, 0.29) is 12.1 Å². The van der Waals surface area contributed by atoms with E-state index in [1.807, 2.05) is 41.3 Å². The number of piperazine rings is 1. The number of hydrogen-bond donors (Lipinski definition) is 1. The fourth-order valence-corrected chi connectivity index (χ4v) is 4.49. The molecule has 0 radical (unpaired) electrons. The van der Waals surface area contributed by atoms with Gasteiger partial charge in [0.05, 0.1) is 12.3 Å². The number of furan rings is 1. The second kappa shape index (κ2) is 7.79. The number of carbonyl (C=O) groups excluding carboxylic acids is 1. The summed E-state index contributed by atoms with van der Waals surface area (Å²) in [5, 5.41) is 4.19. The first-order chi connectivity index (χ1) is 14.3. The van der Waals surface area contributed by atoms with E-state index in [0.717, 1.165) is 57.0 Å². The fourth-order valence-electron chi connectivity index (χ4n) is 4.49. The molecule has 2 aliphatic heterocycles. The van der Waals surface area contributed by atoms with Crippen LogP contribution in [-0.4, -0.2) is 56.2 Å². The van der Waals surface area contributed by atoms with E-state index in [2.05, 4.69) is 33.3 Å². The molecule has 150 valence electrons. The number of nitrogens with zero attached hydrogens (tertiary/aromatic N) is 3. The van der Waals surface area contributed by atoms with Gasteiger partial charge < -0.3 is 14.6 Å². The lowest BCUT2D eigenvalue weighted by Gasteiger charge is -2.37. The Bertz CT molecular complexity index is 979. The lowest BCUT2D eigenvalue weighted by molar-refractivity contribution is 0.246. The molecule has 0 bridgehead atoms. The number of nitrogens with one attached hydrogen (secondary N) is 1. The van der Waals surface area contributed by atoms with Crippen LogP contribution in [0.2, 0.25) is 0 Å². The third kappa shape index (κ3) is 3.56. The fraction of sp³-hybridized carbons (Fsp3) is 0.348. The zero-order valence-corrected chi connectivity index (χ0v) is 16.5. The van der Waals surface area contributed by atoms with Crippen LogP contribution in [0, 0.1) is 0 Å². The third-order valence-corrected chi connectivity index (χ3v) is 6.07. The molecule has 3 aromatic rings. The molecule has 0 spiro atoms. The van der Waals surface area contributed by atoms with Gasteiger partial charge in [-0.3, -0.25) is 9.80 Å². The number of para-hydroxylation sites is 1. The molecule has 2 aromatic carbocycles. The van der Waals surface area contributed by atoms with Crippen molar-refractivity contribution >= 4 is 28.4 Å². The maximum atomic E-state index is 12.3. The van der Waals surface area contributed by atoms with Crippen LogP contribution in [0.25, 0.3) is 11.0 Å². The van der Waals surface area contributed by atoms with Crippen molar-refractivity contribution < 1.29 is 9.21 Å². The van der Waals surface area contributed by atoms with E-state index in [1.54, 1.807) is 6.26 Å². The molecule has 1 aromatic heterocycles. The van der Waals surface area contributed by atoms with Gasteiger partial charge in [-0.2, -0.15) is 0 Å². The highest BCUT2D eigenvalue weighted by Gasteiger charge is 2.32. The molecule has 2 amide bonds. The Morgan fingerprint density at radius 3 is 2.62 bits per heavy atom. The van der Waals surface area contributed by atoms with Crippen LogP contribution in [0.15, 0.2) is 65.3 Å². The molecular formula is C23H26N4O2. The average molecular weight is 390 g/mol. The van der Waals surface area contributed by atoms with Gasteiger partial charge in [-0.05, 0) is 36.8 Å². The molecule has 2 saturated heterocycles. The second-order valence-electron chi connectivity index (χ2n) is 7.77. The highest BCUT2D eigenvalue weighted by Crippen LogP contribution is 2.28. The van der Waals surface area contributed by atoms with Crippen LogP contribution in [0.3, 0.4) is 0 Å². The Balaban J connectivity index is 1.18. The smallest absolute Gasteiger partial charge is 0.322 e. The molecule has 0 aliphatic carbocycles. The summed E-state index contributed by atoms with van der Waals surface area (Å²) in [6.45, 7) is 5.81. The largest absolute Gasteiger partial charge is 0.464 e. The third-order valence-electron chi connectivity index (χ3n) is 6.07. The van der Waals surface area contributed by atoms with Crippen molar-refractivity contribution in [3.63, 3.8) is 0 Å². The predicted molar refractivity (Wildman–Crippen MR) is 116 cm³/mol. The van der Waals surface area contributed by atoms with Crippen LogP contribution in [0.1, 0.15) is 6.42 Å². The number of benzene rings is 2. The van der Waals surface area contributed by atoms with E-state index in [1.165, 1.54) is 11.1 Å². The number of urea groups is 1. The summed E-state index contributed by atoms with van der Waals surface area (Å²) in [4.78, 5) is 19.2. The van der Waals surface area contributed by atoms with E-state index < -0.39 is 0 Å². The van der Waals surface area contributed by atoms with Crippen LogP contribution in [0.4, 0.5) is 16.2 Å². The Morgan fingerprint density at radius 1 is 0.966 bits per heavy atom. The quantitative estimate of drug-likeness (QED) is 0.724. The number of anilines is 2. The Labute approximate surface area is 170 Å². The number of rotatable bonds is 5. The van der Waals surface area contributed by atoms with Gasteiger partial charge in [0, 0.05) is 56.0 Å². The topological polar surface area (TPSA) is 52.0 Å². The zero-order valence-electron chi connectivity index (χ0n) is 16.5. The standard InChI is InChI=1S/C23H26N4O2/c28-23-24-17-19(27(23)18-5-2-1-3-6-18)9-11-25-12-14-26(15-13-25)21-7-4-8-22-20(21)10-16-29-22/h1-8,10,16,19H,9,11-15,17H2,(H,24,28). The zero-order chi connectivity index (χ0) is 19.6. The van der Waals surface area contributed by atoms with E-state index in [4.69, 9.17) is 4.42 Å². The molecular weight excluding hydrogens is 364 g/mol. The van der Waals surface area contributed by atoms with Gasteiger partial charge in [0.2, 0.25) is 0 Å². The van der Waals surface area contributed by atoms with Crippen molar-refractivity contribution in [1.29, 1.82) is 0 Å². The van der Waals surface area contributed by atoms with E-state index >= 15 is 0 Å². The van der Waals surface area contributed by atoms with Crippen molar-refractivity contribution in [3.05, 3.63) is 60.9 Å². The molecule has 1 N–H and O–H groups in total. The maximum Gasteiger partial charge on any atom is 0.322 e. The summed E-state index contributed by atoms with van der Waals surface area (Å²) < 4.78 is 5.55. The monoisotopic (exact) mass is 390 g/mol. The normalized spacial score (nSPS) is 20.4. The minimum Gasteiger partial charge on any atom is -0.464 e. The molecule has 3 heterocycles. The van der Waals surface area contributed by atoms with Crippen LogP contribution in [-0.2, 0) is 0 Å². The maximum absolute atomic E-state index is 12.3. The Hall–Kier alpha value is -2.99. The molecule has 6 heteroatoms. The molecule has 2 fully saturated rings. The van der Waals surface area contributed by atoms with Crippen molar-refractivity contribution in [2.75, 3.05) is 49.1 Å². The highest BCUT2D eigenvalue weighted by atomic mass is 16.3. The van der Waals surface area contributed by atoms with Crippen molar-refractivity contribution in [2.24, 2.45) is 0 Å². The number of hydrogen-bond acceptors (Lipinski definition) is 4. The van der Waals surface area contributed by atoms with E-state index in [0.29, 0.717) is 0 Å². The van der Waals surface area contributed by atoms with Gasteiger partial charge in [-0.25, -0.2) is 4.79 Å². The lowest BCUT2D eigenvalue weighted by Crippen LogP contribution is -2.47. The summed E-state index contributed by atoms with van der Waals surface area (Å²) >= 11 is 0. The first-order valence-electron chi connectivity index (χ1n) is 10.4. The lowest BCUT2D eigenvalue weighted by atomic mass is 10.1. The molecule has 5 rings (SSSR count). The molecule has 0 saturated carbocycles. The Morgan fingerprint density at radius 2 is 1.79 bits per heavy atom. The molecule has 1 unspecified atom stereocenters. The summed E-state index contributed by atoms with van der Waals surface area (Å²) in [6, 6.07) is 18.5. The van der Waals surface area contributed by atoms with Gasteiger partial charge in [0.1, 0.15) is 5.58 Å². The SMILES string of the molecule is O=C1NCC(CCN2CCN(c3cccc4occc34)CC2)N1c1ccccc1. The minimum absolute atomic E-state index is 0.0132. The first-order valence-corrected chi connectivity index (χ1v) is 10.4. The molecule has 1 atom stereocenters. The van der Waals surface area contributed by atoms with E-state index in [9.17, 15) is 4.79 Å². The summed E-state index contributed by atoms with van der Waals surface area (Å²) in [6.07, 6.45) is 2.74. The number of carbonyl (C=O) groups is 1. The number of amides is 2. The van der Waals surface area contributed by atoms with Crippen molar-refractivity contribution in [3.8, 4) is 0 Å². The summed E-state index contributed by atoms with van der Waals surface area (Å²) in [5.74, 6) is 0. The molecule has 6 nitrogen and oxygen atoms in total. The second-order valence-corrected chi connectivity index (χ2v) is 7.77. The van der Waals surface area contributed by atoms with Crippen LogP contribution < -0.4 is 15.1 Å². The summed E-state index contributed by atoms with van der Waals surface area (Å²) in [5.41, 5.74) is 3.19. The van der Waals surface area contributed by atoms with Gasteiger partial charge >= 0.3 is 6.03 Å². The summed E-state index contributed by atoms with van der Waals surface area (Å²) in [7, 11) is 0. The number of fused-ring (bicyclic) bond motifs is 1. The van der Waals surface area contributed by atoms with Crippen molar-refractivity contribution in [1.82, 2.24) is 10.2 Å². The van der Waals surface area contributed by atoms with Gasteiger partial charge in [-0.1, -0.05) is 24.3 Å². The van der Waals surface area contributed by atoms with Crippen LogP contribution in [0.5, 0.6) is 0 Å². The van der Waals surface area contributed by atoms with Crippen molar-refractivity contribution in [2.45, 2.75) is 12.5 Å². The van der Waals surface area contributed by atoms with Gasteiger partial charge in [0.25, 0.3) is 0 Å². The molecule has 2 aliphatic rings. The first kappa shape index (κ1) is 18.1. The molecule has 29 heavy (non-hydrogen) atoms. The van der Waals surface area contributed by atoms with Crippen LogP contribution >= 0.6 is 0 Å². The minimum atomic E-state index is 0.0132. The Kier molecular flexibility index (Phi) is 4.86. The average Bonchev–Trinajstić information content (AvgIpc) is 3.39. The van der Waals surface area contributed by atoms with Gasteiger partial charge in [0.15, 0.2) is 0 Å². The predicted octanol–water partition coefficient (Wildman–Crippen LogP) is 3.54. The van der Waals surface area contributed by atoms with Gasteiger partial charge in [-0.15, -0.1) is 0 Å².